The van der Waals surface area contributed by atoms with Crippen molar-refractivity contribution in [3.05, 3.63) is 53.8 Å². The fraction of sp³-hybridized carbons (Fsp3) is 0.235. The number of hydrogen-bond acceptors (Lipinski definition) is 4. The molecule has 0 saturated heterocycles. The first kappa shape index (κ1) is 16.1. The zero-order chi connectivity index (χ0) is 16.9. The minimum absolute atomic E-state index is 0.103. The maximum Gasteiger partial charge on any atom is 0.319 e. The van der Waals surface area contributed by atoms with Gasteiger partial charge in [0.25, 0.3) is 0 Å². The molecular weight excluding hydrogens is 315 g/mol. The highest BCUT2D eigenvalue weighted by atomic mass is 19.1. The summed E-state index contributed by atoms with van der Waals surface area (Å²) in [6.45, 7) is 0.405. The Hall–Kier alpha value is -2.80. The van der Waals surface area contributed by atoms with Crippen LogP contribution in [0, 0.1) is 5.82 Å². The minimum atomic E-state index is -0.756. The third-order valence-corrected chi connectivity index (χ3v) is 3.61. The van der Waals surface area contributed by atoms with E-state index in [1.165, 1.54) is 12.1 Å². The lowest BCUT2D eigenvalue weighted by atomic mass is 10.1. The van der Waals surface area contributed by atoms with E-state index in [1.54, 1.807) is 30.3 Å². The van der Waals surface area contributed by atoms with Gasteiger partial charge in [-0.15, -0.1) is 0 Å². The molecule has 0 aromatic heterocycles. The Kier molecular flexibility index (Phi) is 4.81. The van der Waals surface area contributed by atoms with E-state index in [0.29, 0.717) is 23.5 Å². The van der Waals surface area contributed by atoms with Gasteiger partial charge in [-0.1, -0.05) is 18.2 Å². The van der Waals surface area contributed by atoms with Crippen molar-refractivity contribution in [1.29, 1.82) is 0 Å². The van der Waals surface area contributed by atoms with Gasteiger partial charge in [-0.25, -0.2) is 9.18 Å². The van der Waals surface area contributed by atoms with E-state index in [9.17, 15) is 14.3 Å². The number of amides is 2. The number of aliphatic hydroxyl groups is 1. The number of ether oxygens (including phenoxy) is 2. The number of para-hydroxylation sites is 1. The van der Waals surface area contributed by atoms with Gasteiger partial charge < -0.3 is 25.2 Å². The van der Waals surface area contributed by atoms with E-state index in [-0.39, 0.29) is 19.0 Å². The molecule has 1 aliphatic rings. The van der Waals surface area contributed by atoms with Crippen LogP contribution in [-0.2, 0) is 0 Å². The van der Waals surface area contributed by atoms with Gasteiger partial charge in [0.05, 0.1) is 11.8 Å². The van der Waals surface area contributed by atoms with Crippen molar-refractivity contribution in [3.63, 3.8) is 0 Å². The highest BCUT2D eigenvalue weighted by Gasteiger charge is 2.16. The highest BCUT2D eigenvalue weighted by molar-refractivity contribution is 5.89. The minimum Gasteiger partial charge on any atom is -0.454 e. The number of carbonyl (C=O) groups excluding carboxylic acids is 1. The number of nitrogens with one attached hydrogen (secondary N) is 2. The third kappa shape index (κ3) is 3.75. The summed E-state index contributed by atoms with van der Waals surface area (Å²) in [7, 11) is 0. The molecule has 7 heteroatoms. The van der Waals surface area contributed by atoms with Crippen LogP contribution >= 0.6 is 0 Å². The molecule has 2 aromatic carbocycles. The van der Waals surface area contributed by atoms with Crippen molar-refractivity contribution in [2.75, 3.05) is 18.7 Å². The quantitative estimate of drug-likeness (QED) is 0.786. The van der Waals surface area contributed by atoms with Gasteiger partial charge in [0.1, 0.15) is 5.82 Å². The Morgan fingerprint density at radius 3 is 2.83 bits per heavy atom. The zero-order valence-electron chi connectivity index (χ0n) is 12.8. The van der Waals surface area contributed by atoms with E-state index < -0.39 is 18.0 Å². The second kappa shape index (κ2) is 7.18. The standard InChI is InChI=1S/C17H17FN2O4/c18-12-3-1-2-4-13(12)20-17(22)19-8-7-14(21)11-5-6-15-16(9-11)24-10-23-15/h1-6,9,14,21H,7-8,10H2,(H2,19,20,22)/t14-/m1/s1. The number of carbonyl (C=O) groups is 1. The fourth-order valence-corrected chi connectivity index (χ4v) is 2.34. The molecule has 2 aromatic rings. The largest absolute Gasteiger partial charge is 0.454 e. The van der Waals surface area contributed by atoms with Crippen LogP contribution in [0.4, 0.5) is 14.9 Å². The molecule has 3 rings (SSSR count). The Morgan fingerprint density at radius 1 is 1.21 bits per heavy atom. The highest BCUT2D eigenvalue weighted by Crippen LogP contribution is 2.34. The van der Waals surface area contributed by atoms with Crippen LogP contribution in [0.3, 0.4) is 0 Å². The van der Waals surface area contributed by atoms with Gasteiger partial charge in [0, 0.05) is 6.54 Å². The van der Waals surface area contributed by atoms with Crippen LogP contribution in [0.25, 0.3) is 0 Å². The predicted octanol–water partition coefficient (Wildman–Crippen LogP) is 2.80. The molecule has 0 radical (unpaired) electrons. The van der Waals surface area contributed by atoms with Crippen LogP contribution in [0.2, 0.25) is 0 Å². The molecule has 0 spiro atoms. The summed E-state index contributed by atoms with van der Waals surface area (Å²) in [6, 6.07) is 10.6. The molecule has 0 unspecified atom stereocenters. The number of rotatable bonds is 5. The van der Waals surface area contributed by atoms with Gasteiger partial charge in [0.15, 0.2) is 11.5 Å². The van der Waals surface area contributed by atoms with E-state index in [1.807, 2.05) is 0 Å². The molecule has 3 N–H and O–H groups in total. The van der Waals surface area contributed by atoms with Crippen LogP contribution < -0.4 is 20.1 Å². The fourth-order valence-electron chi connectivity index (χ4n) is 2.34. The van der Waals surface area contributed by atoms with E-state index >= 15 is 0 Å². The molecule has 1 aliphatic heterocycles. The SMILES string of the molecule is O=C(NCC[C@@H](O)c1ccc2c(c1)OCO2)Nc1ccccc1F. The number of halogens is 1. The van der Waals surface area contributed by atoms with Crippen LogP contribution in [0.15, 0.2) is 42.5 Å². The number of benzene rings is 2. The molecule has 0 aliphatic carbocycles. The molecule has 0 fully saturated rings. The summed E-state index contributed by atoms with van der Waals surface area (Å²) in [5, 5.41) is 15.2. The first-order valence-corrected chi connectivity index (χ1v) is 7.50. The Labute approximate surface area is 138 Å². The first-order valence-electron chi connectivity index (χ1n) is 7.50. The summed E-state index contributed by atoms with van der Waals surface area (Å²) in [5.41, 5.74) is 0.780. The second-order valence-corrected chi connectivity index (χ2v) is 5.28. The van der Waals surface area contributed by atoms with Crippen LogP contribution in [-0.4, -0.2) is 24.5 Å². The van der Waals surface area contributed by atoms with E-state index in [2.05, 4.69) is 10.6 Å². The summed E-state index contributed by atoms with van der Waals surface area (Å²) in [4.78, 5) is 11.7. The van der Waals surface area contributed by atoms with Gasteiger partial charge in [-0.3, -0.25) is 0 Å². The van der Waals surface area contributed by atoms with E-state index in [4.69, 9.17) is 9.47 Å². The maximum absolute atomic E-state index is 13.4. The van der Waals surface area contributed by atoms with Gasteiger partial charge in [-0.2, -0.15) is 0 Å². The summed E-state index contributed by atoms with van der Waals surface area (Å²) in [6.07, 6.45) is -0.446. The zero-order valence-corrected chi connectivity index (χ0v) is 12.8. The molecule has 1 heterocycles. The van der Waals surface area contributed by atoms with Crippen molar-refractivity contribution in [2.24, 2.45) is 0 Å². The summed E-state index contributed by atoms with van der Waals surface area (Å²) < 4.78 is 23.9. The first-order chi connectivity index (χ1) is 11.6. The Bertz CT molecular complexity index is 738. The smallest absolute Gasteiger partial charge is 0.319 e. The number of urea groups is 1. The number of fused-ring (bicyclic) bond motifs is 1. The maximum atomic E-state index is 13.4. The molecule has 24 heavy (non-hydrogen) atoms. The molecule has 6 nitrogen and oxygen atoms in total. The third-order valence-electron chi connectivity index (χ3n) is 3.61. The van der Waals surface area contributed by atoms with Crippen molar-refractivity contribution in [1.82, 2.24) is 5.32 Å². The van der Waals surface area contributed by atoms with Gasteiger partial charge in [0.2, 0.25) is 6.79 Å². The molecular formula is C17H17FN2O4. The van der Waals surface area contributed by atoms with Crippen molar-refractivity contribution < 1.29 is 23.8 Å². The number of aliphatic hydroxyl groups excluding tert-OH is 1. The summed E-state index contributed by atoms with van der Waals surface area (Å²) >= 11 is 0. The molecule has 126 valence electrons. The summed E-state index contributed by atoms with van der Waals surface area (Å²) in [5.74, 6) is 0.734. The predicted molar refractivity (Wildman–Crippen MR) is 85.6 cm³/mol. The van der Waals surface area contributed by atoms with Gasteiger partial charge in [-0.05, 0) is 36.2 Å². The average molecular weight is 332 g/mol. The van der Waals surface area contributed by atoms with Crippen molar-refractivity contribution >= 4 is 11.7 Å². The van der Waals surface area contributed by atoms with Crippen LogP contribution in [0.5, 0.6) is 11.5 Å². The Morgan fingerprint density at radius 2 is 2.00 bits per heavy atom. The van der Waals surface area contributed by atoms with Crippen LogP contribution in [0.1, 0.15) is 18.1 Å². The number of hydrogen-bond donors (Lipinski definition) is 3. The van der Waals surface area contributed by atoms with Crippen molar-refractivity contribution in [2.45, 2.75) is 12.5 Å². The van der Waals surface area contributed by atoms with E-state index in [0.717, 1.165) is 0 Å². The lowest BCUT2D eigenvalue weighted by molar-refractivity contribution is 0.165. The second-order valence-electron chi connectivity index (χ2n) is 5.28. The number of anilines is 1. The molecule has 2 amide bonds. The monoisotopic (exact) mass is 332 g/mol. The van der Waals surface area contributed by atoms with Gasteiger partial charge >= 0.3 is 6.03 Å². The molecule has 0 saturated carbocycles. The molecule has 0 bridgehead atoms. The Balaban J connectivity index is 1.47. The molecule has 1 atom stereocenters. The normalized spacial score (nSPS) is 13.4. The topological polar surface area (TPSA) is 79.8 Å². The average Bonchev–Trinajstić information content (AvgIpc) is 3.04. The lowest BCUT2D eigenvalue weighted by Gasteiger charge is -2.13. The van der Waals surface area contributed by atoms with Crippen molar-refractivity contribution in [3.8, 4) is 11.5 Å². The lowest BCUT2D eigenvalue weighted by Crippen LogP contribution is -2.30.